The molecule has 0 amide bonds. The number of pyridine rings is 2. The van der Waals surface area contributed by atoms with Crippen LogP contribution in [0.25, 0.3) is 17.2 Å². The molecule has 0 bridgehead atoms. The lowest BCUT2D eigenvalue weighted by Crippen LogP contribution is -2.22. The fourth-order valence-electron chi connectivity index (χ4n) is 3.76. The van der Waals surface area contributed by atoms with Gasteiger partial charge in [-0.05, 0) is 44.0 Å². The van der Waals surface area contributed by atoms with E-state index in [-0.39, 0.29) is 0 Å². The van der Waals surface area contributed by atoms with E-state index in [1.807, 2.05) is 45.0 Å². The number of hydrogen-bond donors (Lipinski definition) is 4. The van der Waals surface area contributed by atoms with Gasteiger partial charge in [-0.3, -0.25) is 15.4 Å². The molecule has 11 nitrogen and oxygen atoms in total. The zero-order chi connectivity index (χ0) is 25.9. The van der Waals surface area contributed by atoms with Crippen LogP contribution in [-0.2, 0) is 6.54 Å². The highest BCUT2D eigenvalue weighted by molar-refractivity contribution is 5.60. The Morgan fingerprint density at radius 1 is 1.03 bits per heavy atom. The topological polar surface area (TPSA) is 142 Å². The molecular formula is C25H25FN10O. The van der Waals surface area contributed by atoms with Gasteiger partial charge in [-0.25, -0.2) is 24.0 Å². The molecule has 5 aromatic rings. The van der Waals surface area contributed by atoms with Crippen molar-refractivity contribution in [3.05, 3.63) is 89.1 Å². The maximum absolute atomic E-state index is 13.2. The maximum Gasteiger partial charge on any atom is 0.163 e. The molecular weight excluding hydrogens is 475 g/mol. The van der Waals surface area contributed by atoms with Crippen LogP contribution in [0.5, 0.6) is 0 Å². The standard InChI is InChI=1S/C25H25FN10O/c1-14-6-18(24-31-15(2)7-20(33-24)32-21-8-16(3)34-35-21)11-28-23(14)25(37)29-10-17-4-5-22(27-9-17)36-13-19(26)12-30-36/h4-9,11-13,25,29,37H,10H2,1-3H3,(H2,31,32,33,34,35). The SMILES string of the molecule is Cc1cc(Nc2cc(C)[nH]n2)nc(-c2cnc(C(O)NCc3ccc(-n4cc(F)cn4)nc3)c(C)c2)n1. The van der Waals surface area contributed by atoms with Gasteiger partial charge in [-0.1, -0.05) is 6.07 Å². The molecule has 0 fully saturated rings. The minimum Gasteiger partial charge on any atom is -0.373 e. The molecule has 0 aliphatic carbocycles. The Hall–Kier alpha value is -4.55. The summed E-state index contributed by atoms with van der Waals surface area (Å²) in [5, 5.41) is 27.9. The third-order valence-corrected chi connectivity index (χ3v) is 5.55. The third kappa shape index (κ3) is 5.66. The van der Waals surface area contributed by atoms with E-state index in [2.05, 4.69) is 45.9 Å². The summed E-state index contributed by atoms with van der Waals surface area (Å²) in [5.41, 5.74) is 4.58. The second kappa shape index (κ2) is 10.2. The number of hydrogen-bond acceptors (Lipinski definition) is 9. The largest absolute Gasteiger partial charge is 0.373 e. The number of nitrogens with zero attached hydrogens (tertiary/aromatic N) is 7. The number of rotatable bonds is 8. The van der Waals surface area contributed by atoms with E-state index in [4.69, 9.17) is 0 Å². The van der Waals surface area contributed by atoms with Gasteiger partial charge in [0.25, 0.3) is 0 Å². The normalized spacial score (nSPS) is 12.0. The molecule has 37 heavy (non-hydrogen) atoms. The Kier molecular flexibility index (Phi) is 6.66. The number of aromatic nitrogens is 8. The molecule has 0 spiro atoms. The highest BCUT2D eigenvalue weighted by Crippen LogP contribution is 2.23. The first kappa shape index (κ1) is 24.2. The van der Waals surface area contributed by atoms with Crippen molar-refractivity contribution in [2.24, 2.45) is 0 Å². The zero-order valence-corrected chi connectivity index (χ0v) is 20.4. The van der Waals surface area contributed by atoms with Crippen molar-refractivity contribution < 1.29 is 9.50 Å². The van der Waals surface area contributed by atoms with Crippen molar-refractivity contribution in [1.82, 2.24) is 45.2 Å². The Bertz CT molecular complexity index is 1530. The van der Waals surface area contributed by atoms with Gasteiger partial charge in [-0.15, -0.1) is 0 Å². The van der Waals surface area contributed by atoms with Crippen LogP contribution in [0.1, 0.15) is 34.4 Å². The van der Waals surface area contributed by atoms with Gasteiger partial charge in [0.15, 0.2) is 23.3 Å². The van der Waals surface area contributed by atoms with E-state index in [1.54, 1.807) is 18.5 Å². The van der Waals surface area contributed by atoms with Crippen LogP contribution in [0.2, 0.25) is 0 Å². The molecule has 4 N–H and O–H groups in total. The van der Waals surface area contributed by atoms with Crippen LogP contribution >= 0.6 is 0 Å². The van der Waals surface area contributed by atoms with Crippen LogP contribution in [0.15, 0.2) is 55.1 Å². The van der Waals surface area contributed by atoms with Crippen LogP contribution < -0.4 is 10.6 Å². The monoisotopic (exact) mass is 500 g/mol. The Balaban J connectivity index is 1.26. The minimum atomic E-state index is -0.993. The maximum atomic E-state index is 13.2. The highest BCUT2D eigenvalue weighted by Gasteiger charge is 2.15. The second-order valence-electron chi connectivity index (χ2n) is 8.62. The lowest BCUT2D eigenvalue weighted by Gasteiger charge is -2.15. The molecule has 5 heterocycles. The van der Waals surface area contributed by atoms with Crippen molar-refractivity contribution in [2.75, 3.05) is 5.32 Å². The van der Waals surface area contributed by atoms with E-state index in [0.29, 0.717) is 35.5 Å². The molecule has 0 aliphatic heterocycles. The number of H-pyrrole nitrogens is 1. The third-order valence-electron chi connectivity index (χ3n) is 5.55. The first-order chi connectivity index (χ1) is 17.8. The van der Waals surface area contributed by atoms with Crippen molar-refractivity contribution >= 4 is 11.6 Å². The Morgan fingerprint density at radius 3 is 2.57 bits per heavy atom. The van der Waals surface area contributed by atoms with E-state index in [9.17, 15) is 9.50 Å². The molecule has 1 atom stereocenters. The summed E-state index contributed by atoms with van der Waals surface area (Å²) in [6, 6.07) is 9.17. The quantitative estimate of drug-likeness (QED) is 0.236. The summed E-state index contributed by atoms with van der Waals surface area (Å²) in [7, 11) is 0. The van der Waals surface area contributed by atoms with Gasteiger partial charge in [0, 0.05) is 48.0 Å². The van der Waals surface area contributed by atoms with Crippen LogP contribution in [0.4, 0.5) is 16.0 Å². The van der Waals surface area contributed by atoms with Gasteiger partial charge >= 0.3 is 0 Å². The zero-order valence-electron chi connectivity index (χ0n) is 20.4. The first-order valence-electron chi connectivity index (χ1n) is 11.5. The van der Waals surface area contributed by atoms with Gasteiger partial charge in [0.05, 0.1) is 18.1 Å². The molecule has 0 saturated heterocycles. The van der Waals surface area contributed by atoms with Crippen molar-refractivity contribution in [3.8, 4) is 17.2 Å². The smallest absolute Gasteiger partial charge is 0.163 e. The van der Waals surface area contributed by atoms with Crippen molar-refractivity contribution in [3.63, 3.8) is 0 Å². The van der Waals surface area contributed by atoms with Gasteiger partial charge in [-0.2, -0.15) is 10.2 Å². The average Bonchev–Trinajstić information content (AvgIpc) is 3.50. The van der Waals surface area contributed by atoms with Gasteiger partial charge in [0.1, 0.15) is 12.0 Å². The summed E-state index contributed by atoms with van der Waals surface area (Å²) in [5.74, 6) is 1.87. The number of aromatic amines is 1. The molecule has 5 aromatic heterocycles. The van der Waals surface area contributed by atoms with Crippen LogP contribution in [0, 0.1) is 26.6 Å². The highest BCUT2D eigenvalue weighted by atomic mass is 19.1. The number of aryl methyl sites for hydroxylation is 3. The summed E-state index contributed by atoms with van der Waals surface area (Å²) < 4.78 is 14.5. The summed E-state index contributed by atoms with van der Waals surface area (Å²) >= 11 is 0. The molecule has 0 saturated carbocycles. The van der Waals surface area contributed by atoms with Crippen molar-refractivity contribution in [1.29, 1.82) is 0 Å². The molecule has 0 aliphatic rings. The first-order valence-corrected chi connectivity index (χ1v) is 11.5. The van der Waals surface area contributed by atoms with Gasteiger partial charge < -0.3 is 10.4 Å². The van der Waals surface area contributed by atoms with Gasteiger partial charge in [0.2, 0.25) is 0 Å². The van der Waals surface area contributed by atoms with E-state index in [0.717, 1.165) is 34.3 Å². The molecule has 5 rings (SSSR count). The second-order valence-corrected chi connectivity index (χ2v) is 8.62. The van der Waals surface area contributed by atoms with Crippen molar-refractivity contribution in [2.45, 2.75) is 33.5 Å². The molecule has 0 aromatic carbocycles. The van der Waals surface area contributed by atoms with E-state index < -0.39 is 12.0 Å². The molecule has 1 unspecified atom stereocenters. The lowest BCUT2D eigenvalue weighted by molar-refractivity contribution is 0.132. The summed E-state index contributed by atoms with van der Waals surface area (Å²) in [6.07, 6.45) is 4.66. The van der Waals surface area contributed by atoms with Crippen LogP contribution in [-0.4, -0.2) is 45.0 Å². The predicted octanol–water partition coefficient (Wildman–Crippen LogP) is 3.43. The number of halogens is 1. The molecule has 0 radical (unpaired) electrons. The number of aliphatic hydroxyl groups is 1. The number of nitrogens with one attached hydrogen (secondary N) is 3. The fraction of sp³-hybridized carbons (Fsp3) is 0.200. The predicted molar refractivity (Wildman–Crippen MR) is 134 cm³/mol. The summed E-state index contributed by atoms with van der Waals surface area (Å²) in [6.45, 7) is 6.04. The Morgan fingerprint density at radius 2 is 1.89 bits per heavy atom. The lowest BCUT2D eigenvalue weighted by atomic mass is 10.1. The molecule has 12 heteroatoms. The van der Waals surface area contributed by atoms with E-state index >= 15 is 0 Å². The average molecular weight is 501 g/mol. The Labute approximate surface area is 211 Å². The number of anilines is 2. The summed E-state index contributed by atoms with van der Waals surface area (Å²) in [4.78, 5) is 17.9. The fourth-order valence-corrected chi connectivity index (χ4v) is 3.76. The minimum absolute atomic E-state index is 0.355. The van der Waals surface area contributed by atoms with E-state index in [1.165, 1.54) is 10.9 Å². The van der Waals surface area contributed by atoms with Crippen LogP contribution in [0.3, 0.4) is 0 Å². The number of aliphatic hydroxyl groups excluding tert-OH is 1. The molecule has 188 valence electrons.